The molecule has 3 fully saturated rings. The standard InChI is InChI=1S/C21H33NO2/c1-13-4-7-17-16-6-5-14-12-15(24-19(22)23)8-10-21(14,3)18(16)9-11-20(13,17)2/h5,13,15-18H,4,6-12H2,1-3H3,(H2,22,23)/t13?,15?,16?,17?,18?,20-,21+/m0/s1. The van der Waals surface area contributed by atoms with Crippen molar-refractivity contribution in [3.63, 3.8) is 0 Å². The second-order valence-corrected chi connectivity index (χ2v) is 9.58. The van der Waals surface area contributed by atoms with Crippen LogP contribution >= 0.6 is 0 Å². The molecule has 0 radical (unpaired) electrons. The van der Waals surface area contributed by atoms with Gasteiger partial charge < -0.3 is 10.5 Å². The molecule has 4 rings (SSSR count). The van der Waals surface area contributed by atoms with E-state index >= 15 is 0 Å². The molecule has 0 aliphatic heterocycles. The van der Waals surface area contributed by atoms with Crippen LogP contribution in [0.5, 0.6) is 0 Å². The van der Waals surface area contributed by atoms with Gasteiger partial charge in [0.05, 0.1) is 0 Å². The highest BCUT2D eigenvalue weighted by Crippen LogP contribution is 2.66. The quantitative estimate of drug-likeness (QED) is 0.684. The van der Waals surface area contributed by atoms with E-state index in [1.54, 1.807) is 5.57 Å². The first-order valence-electron chi connectivity index (χ1n) is 10.00. The van der Waals surface area contributed by atoms with Gasteiger partial charge in [0.1, 0.15) is 6.10 Å². The van der Waals surface area contributed by atoms with Crippen LogP contribution < -0.4 is 5.73 Å². The molecule has 0 saturated heterocycles. The number of hydrogen-bond donors (Lipinski definition) is 1. The maximum Gasteiger partial charge on any atom is 0.404 e. The molecule has 1 amide bonds. The number of amides is 1. The molecule has 2 N–H and O–H groups in total. The number of fused-ring (bicyclic) bond motifs is 5. The van der Waals surface area contributed by atoms with Gasteiger partial charge in [0.2, 0.25) is 0 Å². The summed E-state index contributed by atoms with van der Waals surface area (Å²) < 4.78 is 5.32. The highest BCUT2D eigenvalue weighted by Gasteiger charge is 2.57. The summed E-state index contributed by atoms with van der Waals surface area (Å²) in [5, 5.41) is 0. The van der Waals surface area contributed by atoms with Gasteiger partial charge in [0.25, 0.3) is 0 Å². The van der Waals surface area contributed by atoms with Gasteiger partial charge in [0.15, 0.2) is 0 Å². The highest BCUT2D eigenvalue weighted by molar-refractivity contribution is 5.64. The largest absolute Gasteiger partial charge is 0.446 e. The molecule has 134 valence electrons. The molecule has 7 atom stereocenters. The smallest absolute Gasteiger partial charge is 0.404 e. The van der Waals surface area contributed by atoms with E-state index in [0.29, 0.717) is 10.8 Å². The Morgan fingerprint density at radius 2 is 1.96 bits per heavy atom. The fraction of sp³-hybridized carbons (Fsp3) is 0.857. The Bertz CT molecular complexity index is 570. The van der Waals surface area contributed by atoms with Crippen molar-refractivity contribution >= 4 is 6.09 Å². The number of rotatable bonds is 1. The Hall–Kier alpha value is -0.990. The third-order valence-electron chi connectivity index (χ3n) is 8.82. The molecule has 5 unspecified atom stereocenters. The summed E-state index contributed by atoms with van der Waals surface area (Å²) in [6.45, 7) is 7.56. The van der Waals surface area contributed by atoms with Crippen LogP contribution in [-0.2, 0) is 4.74 Å². The van der Waals surface area contributed by atoms with E-state index in [1.165, 1.54) is 32.1 Å². The van der Waals surface area contributed by atoms with Crippen LogP contribution in [0.4, 0.5) is 4.79 Å². The molecular formula is C21H33NO2. The van der Waals surface area contributed by atoms with E-state index in [9.17, 15) is 4.79 Å². The SMILES string of the molecule is CC1CCC2C3CC=C4CC(OC(N)=O)CC[C@@]4(C)C3CC[C@@]12C. The maximum absolute atomic E-state index is 11.1. The fourth-order valence-corrected chi connectivity index (χ4v) is 7.16. The third kappa shape index (κ3) is 2.26. The second-order valence-electron chi connectivity index (χ2n) is 9.58. The van der Waals surface area contributed by atoms with E-state index in [2.05, 4.69) is 26.8 Å². The van der Waals surface area contributed by atoms with Gasteiger partial charge in [-0.2, -0.15) is 0 Å². The molecular weight excluding hydrogens is 298 g/mol. The summed E-state index contributed by atoms with van der Waals surface area (Å²) in [6, 6.07) is 0. The first-order valence-corrected chi connectivity index (χ1v) is 10.00. The number of carbonyl (C=O) groups excluding carboxylic acids is 1. The Balaban J connectivity index is 1.59. The van der Waals surface area contributed by atoms with Gasteiger partial charge in [-0.15, -0.1) is 0 Å². The molecule has 0 aromatic carbocycles. The Morgan fingerprint density at radius 1 is 1.17 bits per heavy atom. The highest BCUT2D eigenvalue weighted by atomic mass is 16.6. The molecule has 3 nitrogen and oxygen atoms in total. The van der Waals surface area contributed by atoms with Crippen molar-refractivity contribution in [3.05, 3.63) is 11.6 Å². The number of nitrogens with two attached hydrogens (primary N) is 1. The molecule has 0 aromatic heterocycles. The van der Waals surface area contributed by atoms with Crippen LogP contribution in [0.2, 0.25) is 0 Å². The monoisotopic (exact) mass is 331 g/mol. The molecule has 4 aliphatic carbocycles. The van der Waals surface area contributed by atoms with Crippen LogP contribution in [0, 0.1) is 34.5 Å². The number of carbonyl (C=O) groups is 1. The lowest BCUT2D eigenvalue weighted by molar-refractivity contribution is -0.0482. The van der Waals surface area contributed by atoms with E-state index in [4.69, 9.17) is 10.5 Å². The van der Waals surface area contributed by atoms with Crippen LogP contribution in [0.3, 0.4) is 0 Å². The van der Waals surface area contributed by atoms with Crippen molar-refractivity contribution in [2.75, 3.05) is 0 Å². The molecule has 0 spiro atoms. The first-order chi connectivity index (χ1) is 11.3. The second kappa shape index (κ2) is 5.51. The van der Waals surface area contributed by atoms with Crippen LogP contribution in [0.25, 0.3) is 0 Å². The maximum atomic E-state index is 11.1. The van der Waals surface area contributed by atoms with Crippen LogP contribution in [0.15, 0.2) is 11.6 Å². The van der Waals surface area contributed by atoms with E-state index in [-0.39, 0.29) is 6.10 Å². The van der Waals surface area contributed by atoms with Crippen molar-refractivity contribution in [2.24, 2.45) is 40.2 Å². The van der Waals surface area contributed by atoms with Gasteiger partial charge in [-0.1, -0.05) is 32.4 Å². The van der Waals surface area contributed by atoms with Gasteiger partial charge in [-0.3, -0.25) is 0 Å². The molecule has 24 heavy (non-hydrogen) atoms. The summed E-state index contributed by atoms with van der Waals surface area (Å²) in [4.78, 5) is 11.1. The number of primary amides is 1. The molecule has 0 bridgehead atoms. The van der Waals surface area contributed by atoms with Crippen LogP contribution in [-0.4, -0.2) is 12.2 Å². The topological polar surface area (TPSA) is 52.3 Å². The van der Waals surface area contributed by atoms with E-state index < -0.39 is 6.09 Å². The lowest BCUT2D eigenvalue weighted by atomic mass is 9.47. The van der Waals surface area contributed by atoms with Crippen LogP contribution in [0.1, 0.15) is 72.1 Å². The summed E-state index contributed by atoms with van der Waals surface area (Å²) >= 11 is 0. The Kier molecular flexibility index (Phi) is 3.78. The van der Waals surface area contributed by atoms with Crippen molar-refractivity contribution in [2.45, 2.75) is 78.2 Å². The van der Waals surface area contributed by atoms with Crippen molar-refractivity contribution in [3.8, 4) is 0 Å². The summed E-state index contributed by atoms with van der Waals surface area (Å²) in [6.07, 6.45) is 11.8. The lowest BCUT2D eigenvalue weighted by Gasteiger charge is -2.58. The summed E-state index contributed by atoms with van der Waals surface area (Å²) in [7, 11) is 0. The number of ether oxygens (including phenoxy) is 1. The zero-order valence-corrected chi connectivity index (χ0v) is 15.5. The third-order valence-corrected chi connectivity index (χ3v) is 8.82. The van der Waals surface area contributed by atoms with E-state index in [0.717, 1.165) is 42.9 Å². The predicted molar refractivity (Wildman–Crippen MR) is 95.3 cm³/mol. The molecule has 0 aromatic rings. The minimum Gasteiger partial charge on any atom is -0.446 e. The normalized spacial score (nSPS) is 50.3. The Morgan fingerprint density at radius 3 is 2.71 bits per heavy atom. The first kappa shape index (κ1) is 16.5. The van der Waals surface area contributed by atoms with Crippen molar-refractivity contribution in [1.82, 2.24) is 0 Å². The summed E-state index contributed by atoms with van der Waals surface area (Å²) in [5.74, 6) is 3.51. The van der Waals surface area contributed by atoms with Gasteiger partial charge in [-0.25, -0.2) is 4.79 Å². The minimum absolute atomic E-state index is 0.00117. The Labute approximate surface area is 146 Å². The molecule has 4 aliphatic rings. The number of allylic oxidation sites excluding steroid dienone is 1. The van der Waals surface area contributed by atoms with Gasteiger partial charge >= 0.3 is 6.09 Å². The average molecular weight is 332 g/mol. The predicted octanol–water partition coefficient (Wildman–Crippen LogP) is 5.05. The van der Waals surface area contributed by atoms with Gasteiger partial charge in [-0.05, 0) is 79.4 Å². The zero-order chi connectivity index (χ0) is 17.1. The molecule has 3 heteroatoms. The number of hydrogen-bond acceptors (Lipinski definition) is 2. The van der Waals surface area contributed by atoms with E-state index in [1.807, 2.05) is 0 Å². The fourth-order valence-electron chi connectivity index (χ4n) is 7.16. The lowest BCUT2D eigenvalue weighted by Crippen LogP contribution is -2.50. The van der Waals surface area contributed by atoms with Crippen molar-refractivity contribution in [1.29, 1.82) is 0 Å². The molecule has 0 heterocycles. The van der Waals surface area contributed by atoms with Crippen molar-refractivity contribution < 1.29 is 9.53 Å². The molecule has 3 saturated carbocycles. The summed E-state index contributed by atoms with van der Waals surface area (Å²) in [5.41, 5.74) is 7.69. The zero-order valence-electron chi connectivity index (χ0n) is 15.5. The van der Waals surface area contributed by atoms with Gasteiger partial charge in [0, 0.05) is 6.42 Å². The minimum atomic E-state index is -0.619. The average Bonchev–Trinajstić information content (AvgIpc) is 2.83.